The van der Waals surface area contributed by atoms with Gasteiger partial charge in [-0.05, 0) is 75.5 Å². The van der Waals surface area contributed by atoms with E-state index in [2.05, 4.69) is 199 Å². The van der Waals surface area contributed by atoms with Gasteiger partial charge in [0.1, 0.15) is 11.2 Å². The van der Waals surface area contributed by atoms with E-state index >= 15 is 0 Å². The number of thiophene rings is 1. The minimum absolute atomic E-state index is 0.896. The third-order valence-corrected chi connectivity index (χ3v) is 12.0. The summed E-state index contributed by atoms with van der Waals surface area (Å²) in [5.74, 6) is 0. The van der Waals surface area contributed by atoms with E-state index in [0.29, 0.717) is 0 Å². The monoisotopic (exact) mass is 719 g/mol. The second-order valence-corrected chi connectivity index (χ2v) is 15.1. The summed E-state index contributed by atoms with van der Waals surface area (Å²) in [7, 11) is 0. The standard InChI is InChI=1S/C52H33NOS/c1-2-17-39-35(13-1)14-10-21-40(39)36-31-29-34(30-32-36)37-15-9-16-38(33-37)53(47-25-12-28-50-51(47)45-20-5-8-27-49(45)55-50)46-24-6-3-18-41(46)43-22-11-23-44-42-19-4-7-26-48(42)54-52(43)44/h1-33H. The first-order valence-electron chi connectivity index (χ1n) is 18.7. The highest BCUT2D eigenvalue weighted by Crippen LogP contribution is 2.49. The van der Waals surface area contributed by atoms with Crippen molar-refractivity contribution in [2.24, 2.45) is 0 Å². The third-order valence-electron chi connectivity index (χ3n) is 10.9. The summed E-state index contributed by atoms with van der Waals surface area (Å²) < 4.78 is 9.17. The van der Waals surface area contributed by atoms with Crippen LogP contribution in [0.4, 0.5) is 17.1 Å². The van der Waals surface area contributed by atoms with E-state index in [1.807, 2.05) is 17.4 Å². The molecular weight excluding hydrogens is 687 g/mol. The Kier molecular flexibility index (Phi) is 7.39. The Bertz CT molecular complexity index is 3220. The number of furan rings is 1. The number of nitrogens with zero attached hydrogens (tertiary/aromatic N) is 1. The molecule has 3 heteroatoms. The Balaban J connectivity index is 1.11. The van der Waals surface area contributed by atoms with Crippen LogP contribution in [0.15, 0.2) is 205 Å². The molecule has 11 aromatic rings. The van der Waals surface area contributed by atoms with Crippen LogP contribution in [-0.4, -0.2) is 0 Å². The zero-order valence-electron chi connectivity index (χ0n) is 29.8. The van der Waals surface area contributed by atoms with E-state index in [1.165, 1.54) is 47.6 Å². The van der Waals surface area contributed by atoms with Crippen molar-refractivity contribution >= 4 is 81.3 Å². The van der Waals surface area contributed by atoms with Crippen molar-refractivity contribution in [3.8, 4) is 33.4 Å². The third kappa shape index (κ3) is 5.24. The summed E-state index contributed by atoms with van der Waals surface area (Å²) in [4.78, 5) is 2.45. The Labute approximate surface area is 322 Å². The van der Waals surface area contributed by atoms with Gasteiger partial charge < -0.3 is 9.32 Å². The van der Waals surface area contributed by atoms with E-state index in [0.717, 1.165) is 55.7 Å². The van der Waals surface area contributed by atoms with Crippen molar-refractivity contribution in [1.29, 1.82) is 0 Å². The van der Waals surface area contributed by atoms with Crippen molar-refractivity contribution in [3.05, 3.63) is 200 Å². The first-order valence-corrected chi connectivity index (χ1v) is 19.5. The smallest absolute Gasteiger partial charge is 0.143 e. The van der Waals surface area contributed by atoms with Gasteiger partial charge in [-0.2, -0.15) is 0 Å². The lowest BCUT2D eigenvalue weighted by atomic mass is 9.96. The highest BCUT2D eigenvalue weighted by atomic mass is 32.1. The van der Waals surface area contributed by atoms with E-state index in [9.17, 15) is 0 Å². The Morgan fingerprint density at radius 1 is 0.382 bits per heavy atom. The molecule has 0 unspecified atom stereocenters. The molecule has 0 amide bonds. The van der Waals surface area contributed by atoms with Gasteiger partial charge in [0.05, 0.1) is 11.4 Å². The predicted molar refractivity (Wildman–Crippen MR) is 235 cm³/mol. The summed E-state index contributed by atoms with van der Waals surface area (Å²) in [5.41, 5.74) is 12.1. The van der Waals surface area contributed by atoms with Crippen LogP contribution in [-0.2, 0) is 0 Å². The van der Waals surface area contributed by atoms with Crippen molar-refractivity contribution < 1.29 is 4.42 Å². The molecule has 0 aliphatic rings. The van der Waals surface area contributed by atoms with E-state index in [4.69, 9.17) is 4.42 Å². The van der Waals surface area contributed by atoms with Crippen LogP contribution >= 0.6 is 11.3 Å². The van der Waals surface area contributed by atoms with Crippen LogP contribution in [0.2, 0.25) is 0 Å². The SMILES string of the molecule is c1cc(-c2ccc(-c3cccc4ccccc34)cc2)cc(N(c2ccccc2-c2cccc3c2oc2ccccc23)c2cccc3sc4ccccc4c23)c1. The van der Waals surface area contributed by atoms with E-state index in [-0.39, 0.29) is 0 Å². The summed E-state index contributed by atoms with van der Waals surface area (Å²) in [6.07, 6.45) is 0. The molecular formula is C52H33NOS. The Morgan fingerprint density at radius 2 is 1.00 bits per heavy atom. The van der Waals surface area contributed by atoms with Crippen LogP contribution in [0.5, 0.6) is 0 Å². The fraction of sp³-hybridized carbons (Fsp3) is 0. The largest absolute Gasteiger partial charge is 0.455 e. The highest BCUT2D eigenvalue weighted by Gasteiger charge is 2.23. The normalized spacial score (nSPS) is 11.6. The number of rotatable bonds is 6. The van der Waals surface area contributed by atoms with Gasteiger partial charge in [-0.3, -0.25) is 0 Å². The van der Waals surface area contributed by atoms with E-state index < -0.39 is 0 Å². The summed E-state index contributed by atoms with van der Waals surface area (Å²) in [6, 6.07) is 72.2. The number of fused-ring (bicyclic) bond motifs is 7. The first-order chi connectivity index (χ1) is 27.3. The summed E-state index contributed by atoms with van der Waals surface area (Å²) in [6.45, 7) is 0. The van der Waals surface area contributed by atoms with Gasteiger partial charge in [0.15, 0.2) is 0 Å². The molecule has 258 valence electrons. The van der Waals surface area contributed by atoms with Crippen LogP contribution in [0.3, 0.4) is 0 Å². The molecule has 0 radical (unpaired) electrons. The van der Waals surface area contributed by atoms with Gasteiger partial charge in [-0.25, -0.2) is 0 Å². The van der Waals surface area contributed by atoms with Gasteiger partial charge >= 0.3 is 0 Å². The molecule has 55 heavy (non-hydrogen) atoms. The molecule has 2 nitrogen and oxygen atoms in total. The van der Waals surface area contributed by atoms with Gasteiger partial charge in [0.25, 0.3) is 0 Å². The molecule has 2 heterocycles. The van der Waals surface area contributed by atoms with Crippen molar-refractivity contribution in [2.75, 3.05) is 4.90 Å². The lowest BCUT2D eigenvalue weighted by molar-refractivity contribution is 0.670. The second-order valence-electron chi connectivity index (χ2n) is 14.0. The molecule has 11 rings (SSSR count). The topological polar surface area (TPSA) is 16.4 Å². The molecule has 0 spiro atoms. The van der Waals surface area contributed by atoms with Gasteiger partial charge in [-0.1, -0.05) is 158 Å². The minimum atomic E-state index is 0.896. The molecule has 0 atom stereocenters. The molecule has 9 aromatic carbocycles. The zero-order valence-corrected chi connectivity index (χ0v) is 30.6. The van der Waals surface area contributed by atoms with Gasteiger partial charge in [0, 0.05) is 47.8 Å². The molecule has 0 aliphatic carbocycles. The molecule has 0 saturated heterocycles. The maximum Gasteiger partial charge on any atom is 0.143 e. The summed E-state index contributed by atoms with van der Waals surface area (Å²) in [5, 5.41) is 7.28. The number of para-hydroxylation sites is 3. The fourth-order valence-electron chi connectivity index (χ4n) is 8.35. The summed E-state index contributed by atoms with van der Waals surface area (Å²) >= 11 is 1.85. The van der Waals surface area contributed by atoms with E-state index in [1.54, 1.807) is 0 Å². The molecule has 0 N–H and O–H groups in total. The van der Waals surface area contributed by atoms with Crippen LogP contribution in [0, 0.1) is 0 Å². The van der Waals surface area contributed by atoms with Crippen molar-refractivity contribution in [3.63, 3.8) is 0 Å². The molecule has 2 aromatic heterocycles. The lowest BCUT2D eigenvalue weighted by Crippen LogP contribution is -2.11. The number of hydrogen-bond donors (Lipinski definition) is 0. The number of anilines is 3. The highest BCUT2D eigenvalue weighted by molar-refractivity contribution is 7.26. The average Bonchev–Trinajstić information content (AvgIpc) is 3.83. The zero-order chi connectivity index (χ0) is 36.3. The Morgan fingerprint density at radius 3 is 1.93 bits per heavy atom. The van der Waals surface area contributed by atoms with Crippen molar-refractivity contribution in [1.82, 2.24) is 0 Å². The predicted octanol–water partition coefficient (Wildman–Crippen LogP) is 15.6. The van der Waals surface area contributed by atoms with Gasteiger partial charge in [-0.15, -0.1) is 11.3 Å². The van der Waals surface area contributed by atoms with Crippen LogP contribution < -0.4 is 4.90 Å². The number of hydrogen-bond acceptors (Lipinski definition) is 3. The lowest BCUT2D eigenvalue weighted by Gasteiger charge is -2.29. The number of benzene rings is 9. The quantitative estimate of drug-likeness (QED) is 0.170. The average molecular weight is 720 g/mol. The first kappa shape index (κ1) is 31.6. The second kappa shape index (κ2) is 12.9. The maximum atomic E-state index is 6.62. The van der Waals surface area contributed by atoms with Crippen LogP contribution in [0.25, 0.3) is 86.3 Å². The minimum Gasteiger partial charge on any atom is -0.455 e. The Hall–Kier alpha value is -6.94. The molecule has 0 fully saturated rings. The fourth-order valence-corrected chi connectivity index (χ4v) is 9.48. The van der Waals surface area contributed by atoms with Gasteiger partial charge in [0.2, 0.25) is 0 Å². The van der Waals surface area contributed by atoms with Crippen molar-refractivity contribution in [2.45, 2.75) is 0 Å². The van der Waals surface area contributed by atoms with Crippen LogP contribution in [0.1, 0.15) is 0 Å². The molecule has 0 aliphatic heterocycles. The molecule has 0 saturated carbocycles. The maximum absolute atomic E-state index is 6.62. The molecule has 0 bridgehead atoms.